The number of aliphatic hydroxyl groups is 2. The normalized spacial score (nSPS) is 11.8. The third-order valence-corrected chi connectivity index (χ3v) is 6.45. The van der Waals surface area contributed by atoms with E-state index in [1.807, 2.05) is 0 Å². The van der Waals surface area contributed by atoms with Gasteiger partial charge in [-0.2, -0.15) is 0 Å². The van der Waals surface area contributed by atoms with Gasteiger partial charge in [0, 0.05) is 13.2 Å². The van der Waals surface area contributed by atoms with Crippen molar-refractivity contribution in [3.63, 3.8) is 0 Å². The Morgan fingerprint density at radius 1 is 0.625 bits per heavy atom. The highest BCUT2D eigenvalue weighted by Crippen LogP contribution is 2.33. The topological polar surface area (TPSA) is 102 Å². The molecule has 0 unspecified atom stereocenters. The maximum atomic E-state index is 12.3. The fourth-order valence-electron chi connectivity index (χ4n) is 4.27. The van der Waals surface area contributed by atoms with Gasteiger partial charge in [-0.25, -0.2) is 0 Å². The molecule has 0 bridgehead atoms. The fourth-order valence-corrected chi connectivity index (χ4v) is 4.27. The van der Waals surface area contributed by atoms with E-state index < -0.39 is 5.41 Å². The summed E-state index contributed by atoms with van der Waals surface area (Å²) in [5.74, 6) is -0.299. The summed E-state index contributed by atoms with van der Waals surface area (Å²) in [5.41, 5.74) is 5.17. The minimum Gasteiger partial charge on any atom is -0.394 e. The van der Waals surface area contributed by atoms with Crippen molar-refractivity contribution in [1.29, 1.82) is 0 Å². The molecular formula is C26H53NO5. The quantitative estimate of drug-likeness (QED) is 0.156. The fraction of sp³-hybridized carbons (Fsp3) is 0.962. The Balaban J connectivity index is 4.01. The van der Waals surface area contributed by atoms with Crippen LogP contribution < -0.4 is 5.73 Å². The largest absolute Gasteiger partial charge is 0.394 e. The number of aliphatic hydroxyl groups excluding tert-OH is 2. The molecule has 0 radical (unpaired) electrons. The van der Waals surface area contributed by atoms with Crippen molar-refractivity contribution in [1.82, 2.24) is 0 Å². The van der Waals surface area contributed by atoms with Gasteiger partial charge in [0.1, 0.15) is 0 Å². The van der Waals surface area contributed by atoms with E-state index in [-0.39, 0.29) is 32.3 Å². The Bertz CT molecular complexity index is 394. The van der Waals surface area contributed by atoms with Crippen molar-refractivity contribution in [2.45, 2.75) is 116 Å². The molecule has 0 rings (SSSR count). The highest BCUT2D eigenvalue weighted by Gasteiger charge is 2.35. The smallest absolute Gasteiger partial charge is 0.223 e. The Kier molecular flexibility index (Phi) is 23.0. The Labute approximate surface area is 197 Å². The minimum atomic E-state index is -0.637. The Morgan fingerprint density at radius 2 is 1.00 bits per heavy atom. The third-order valence-electron chi connectivity index (χ3n) is 6.45. The predicted molar refractivity (Wildman–Crippen MR) is 132 cm³/mol. The van der Waals surface area contributed by atoms with Gasteiger partial charge in [-0.05, 0) is 19.3 Å². The average molecular weight is 460 g/mol. The zero-order valence-electron chi connectivity index (χ0n) is 21.0. The number of unbranched alkanes of at least 4 members (excludes halogenated alkanes) is 13. The number of hydrogen-bond acceptors (Lipinski definition) is 5. The summed E-state index contributed by atoms with van der Waals surface area (Å²) in [6.07, 6.45) is 20.1. The molecule has 0 spiro atoms. The van der Waals surface area contributed by atoms with Crippen molar-refractivity contribution >= 4 is 5.91 Å². The van der Waals surface area contributed by atoms with E-state index in [1.165, 1.54) is 77.0 Å². The van der Waals surface area contributed by atoms with Gasteiger partial charge in [-0.1, -0.05) is 96.8 Å². The van der Waals surface area contributed by atoms with Gasteiger partial charge < -0.3 is 25.4 Å². The molecule has 0 aliphatic rings. The lowest BCUT2D eigenvalue weighted by Gasteiger charge is -2.31. The molecular weight excluding hydrogens is 406 g/mol. The molecule has 0 aromatic rings. The van der Waals surface area contributed by atoms with Crippen LogP contribution in [0.2, 0.25) is 0 Å². The van der Waals surface area contributed by atoms with Crippen LogP contribution in [0.5, 0.6) is 0 Å². The van der Waals surface area contributed by atoms with Gasteiger partial charge in [0.15, 0.2) is 0 Å². The van der Waals surface area contributed by atoms with Crippen LogP contribution in [-0.4, -0.2) is 55.8 Å². The lowest BCUT2D eigenvalue weighted by molar-refractivity contribution is -0.131. The minimum absolute atomic E-state index is 0.0257. The summed E-state index contributed by atoms with van der Waals surface area (Å²) < 4.78 is 10.8. The first-order valence-electron chi connectivity index (χ1n) is 13.3. The monoisotopic (exact) mass is 459 g/mol. The lowest BCUT2D eigenvalue weighted by Crippen LogP contribution is -2.39. The van der Waals surface area contributed by atoms with Crippen molar-refractivity contribution in [3.8, 4) is 0 Å². The van der Waals surface area contributed by atoms with Crippen LogP contribution in [0.15, 0.2) is 0 Å². The highest BCUT2D eigenvalue weighted by molar-refractivity contribution is 5.80. The SMILES string of the molecule is CCCCCCCCCCCCCCCCC(CCOCCO)(CCOCCO)C(N)=O. The van der Waals surface area contributed by atoms with Crippen LogP contribution in [0.1, 0.15) is 116 Å². The van der Waals surface area contributed by atoms with Gasteiger partial charge in [0.05, 0.1) is 31.8 Å². The van der Waals surface area contributed by atoms with Crippen molar-refractivity contribution in [2.24, 2.45) is 11.1 Å². The number of carbonyl (C=O) groups excluding carboxylic acids is 1. The summed E-state index contributed by atoms with van der Waals surface area (Å²) in [7, 11) is 0. The van der Waals surface area contributed by atoms with E-state index in [1.54, 1.807) is 0 Å². The first-order chi connectivity index (χ1) is 15.6. The van der Waals surface area contributed by atoms with E-state index in [9.17, 15) is 4.79 Å². The standard InChI is InChI=1S/C26H53NO5/c1-2-3-4-5-6-7-8-9-10-11-12-13-14-15-16-26(25(27)30,17-21-31-23-19-28)18-22-32-24-20-29/h28-29H,2-24H2,1H3,(H2,27,30). The van der Waals surface area contributed by atoms with E-state index in [4.69, 9.17) is 25.4 Å². The molecule has 0 saturated heterocycles. The molecule has 4 N–H and O–H groups in total. The molecule has 0 fully saturated rings. The first-order valence-corrected chi connectivity index (χ1v) is 13.3. The van der Waals surface area contributed by atoms with E-state index >= 15 is 0 Å². The van der Waals surface area contributed by atoms with Crippen LogP contribution in [0, 0.1) is 5.41 Å². The zero-order chi connectivity index (χ0) is 23.8. The Morgan fingerprint density at radius 3 is 1.34 bits per heavy atom. The number of rotatable bonds is 26. The van der Waals surface area contributed by atoms with Crippen LogP contribution in [-0.2, 0) is 14.3 Å². The van der Waals surface area contributed by atoms with E-state index in [0.29, 0.717) is 26.1 Å². The molecule has 1 amide bonds. The molecule has 32 heavy (non-hydrogen) atoms. The highest BCUT2D eigenvalue weighted by atomic mass is 16.5. The number of ether oxygens (including phenoxy) is 2. The van der Waals surface area contributed by atoms with Gasteiger partial charge >= 0.3 is 0 Å². The maximum Gasteiger partial charge on any atom is 0.223 e. The lowest BCUT2D eigenvalue weighted by atomic mass is 9.76. The second-order valence-corrected chi connectivity index (χ2v) is 9.16. The summed E-state index contributed by atoms with van der Waals surface area (Å²) in [4.78, 5) is 12.3. The van der Waals surface area contributed by atoms with Crippen LogP contribution in [0.3, 0.4) is 0 Å². The first kappa shape index (κ1) is 31.3. The number of nitrogens with two attached hydrogens (primary N) is 1. The van der Waals surface area contributed by atoms with Gasteiger partial charge in [-0.3, -0.25) is 4.79 Å². The number of amides is 1. The number of carbonyl (C=O) groups is 1. The summed E-state index contributed by atoms with van der Waals surface area (Å²) in [6, 6.07) is 0. The van der Waals surface area contributed by atoms with Crippen LogP contribution in [0.25, 0.3) is 0 Å². The van der Waals surface area contributed by atoms with E-state index in [0.717, 1.165) is 19.3 Å². The van der Waals surface area contributed by atoms with Crippen molar-refractivity contribution < 1.29 is 24.5 Å². The van der Waals surface area contributed by atoms with Gasteiger partial charge in [-0.15, -0.1) is 0 Å². The van der Waals surface area contributed by atoms with Crippen LogP contribution >= 0.6 is 0 Å². The molecule has 0 aromatic carbocycles. The zero-order valence-corrected chi connectivity index (χ0v) is 21.0. The summed E-state index contributed by atoms with van der Waals surface area (Å²) >= 11 is 0. The number of primary amides is 1. The predicted octanol–water partition coefficient (Wildman–Crippen LogP) is 5.13. The second kappa shape index (κ2) is 23.5. The molecule has 0 saturated carbocycles. The van der Waals surface area contributed by atoms with Crippen LogP contribution in [0.4, 0.5) is 0 Å². The summed E-state index contributed by atoms with van der Waals surface area (Å²) in [6.45, 7) is 3.57. The van der Waals surface area contributed by atoms with E-state index in [2.05, 4.69) is 6.92 Å². The van der Waals surface area contributed by atoms with Crippen molar-refractivity contribution in [2.75, 3.05) is 39.6 Å². The molecule has 0 heterocycles. The summed E-state index contributed by atoms with van der Waals surface area (Å²) in [5, 5.41) is 17.8. The molecule has 0 aliphatic carbocycles. The molecule has 6 heteroatoms. The number of hydrogen-bond donors (Lipinski definition) is 3. The van der Waals surface area contributed by atoms with Crippen molar-refractivity contribution in [3.05, 3.63) is 0 Å². The van der Waals surface area contributed by atoms with Gasteiger partial charge in [0.25, 0.3) is 0 Å². The molecule has 192 valence electrons. The molecule has 0 atom stereocenters. The molecule has 0 aliphatic heterocycles. The average Bonchev–Trinajstić information content (AvgIpc) is 2.79. The molecule has 6 nitrogen and oxygen atoms in total. The third kappa shape index (κ3) is 17.8. The Hall–Kier alpha value is -0.690. The van der Waals surface area contributed by atoms with Gasteiger partial charge in [0.2, 0.25) is 5.91 Å². The molecule has 0 aromatic heterocycles. The maximum absolute atomic E-state index is 12.3. The second-order valence-electron chi connectivity index (χ2n) is 9.16.